The number of hydrogen-bond acceptors (Lipinski definition) is 5. The summed E-state index contributed by atoms with van der Waals surface area (Å²) in [7, 11) is 1.91. The average molecular weight is 422 g/mol. The first-order valence-electron chi connectivity index (χ1n) is 8.45. The molecule has 0 aliphatic carbocycles. The highest BCUT2D eigenvalue weighted by molar-refractivity contribution is 7.99. The third kappa shape index (κ3) is 6.79. The van der Waals surface area contributed by atoms with Crippen molar-refractivity contribution in [2.45, 2.75) is 23.1 Å². The van der Waals surface area contributed by atoms with E-state index in [-0.39, 0.29) is 5.90 Å². The first-order chi connectivity index (χ1) is 12.9. The predicted octanol–water partition coefficient (Wildman–Crippen LogP) is 5.82. The summed E-state index contributed by atoms with van der Waals surface area (Å²) in [5.41, 5.74) is 1.93. The van der Waals surface area contributed by atoms with Crippen molar-refractivity contribution in [3.8, 4) is 0 Å². The van der Waals surface area contributed by atoms with Crippen molar-refractivity contribution < 1.29 is 4.74 Å². The zero-order chi connectivity index (χ0) is 19.8. The molecule has 2 rings (SSSR count). The number of nitrogens with zero attached hydrogens (tertiary/aromatic N) is 1. The molecule has 2 aromatic rings. The lowest BCUT2D eigenvalue weighted by atomic mass is 10.1. The standard InChI is InChI=1S/C20H24ClN3OS2/c1-14(22)25-9-10-27-18-7-8-19(21)15(11-18)12-20(23)24(2)16-5-4-6-17(13-16)26-3/h4-8,11,13,22-23H,9-10,12H2,1-3H3. The minimum Gasteiger partial charge on any atom is -0.481 e. The van der Waals surface area contributed by atoms with Crippen molar-refractivity contribution >= 4 is 52.5 Å². The van der Waals surface area contributed by atoms with Gasteiger partial charge in [0.2, 0.25) is 0 Å². The lowest BCUT2D eigenvalue weighted by Gasteiger charge is -2.21. The minimum absolute atomic E-state index is 0.231. The number of likely N-dealkylation sites (N-methyl/N-ethyl adjacent to an activating group) is 1. The fourth-order valence-corrected chi connectivity index (χ4v) is 3.83. The molecule has 27 heavy (non-hydrogen) atoms. The summed E-state index contributed by atoms with van der Waals surface area (Å²) in [5.74, 6) is 1.48. The Morgan fingerprint density at radius 3 is 2.63 bits per heavy atom. The van der Waals surface area contributed by atoms with Gasteiger partial charge in [-0.2, -0.15) is 0 Å². The van der Waals surface area contributed by atoms with Gasteiger partial charge in [0.15, 0.2) is 5.90 Å². The van der Waals surface area contributed by atoms with Crippen LogP contribution >= 0.6 is 35.1 Å². The highest BCUT2D eigenvalue weighted by atomic mass is 35.5. The summed E-state index contributed by atoms with van der Waals surface area (Å²) < 4.78 is 5.18. The predicted molar refractivity (Wildman–Crippen MR) is 120 cm³/mol. The molecule has 0 radical (unpaired) electrons. The average Bonchev–Trinajstić information content (AvgIpc) is 2.66. The maximum absolute atomic E-state index is 8.49. The van der Waals surface area contributed by atoms with Gasteiger partial charge in [-0.15, -0.1) is 23.5 Å². The smallest absolute Gasteiger partial charge is 0.177 e. The van der Waals surface area contributed by atoms with E-state index in [1.807, 2.05) is 48.5 Å². The summed E-state index contributed by atoms with van der Waals surface area (Å²) in [6.45, 7) is 2.13. The second kappa shape index (κ2) is 10.6. The normalized spacial score (nSPS) is 10.5. The third-order valence-electron chi connectivity index (χ3n) is 3.89. The number of nitrogens with one attached hydrogen (secondary N) is 2. The highest BCUT2D eigenvalue weighted by Crippen LogP contribution is 2.27. The summed E-state index contributed by atoms with van der Waals surface area (Å²) >= 11 is 9.70. The molecule has 2 N–H and O–H groups in total. The van der Waals surface area contributed by atoms with Crippen LogP contribution in [0.1, 0.15) is 12.5 Å². The van der Waals surface area contributed by atoms with Gasteiger partial charge in [0.1, 0.15) is 5.84 Å². The largest absolute Gasteiger partial charge is 0.481 e. The topological polar surface area (TPSA) is 60.2 Å². The van der Waals surface area contributed by atoms with Crippen LogP contribution in [-0.4, -0.2) is 37.4 Å². The van der Waals surface area contributed by atoms with Gasteiger partial charge >= 0.3 is 0 Å². The van der Waals surface area contributed by atoms with E-state index in [1.165, 1.54) is 4.90 Å². The van der Waals surface area contributed by atoms with E-state index >= 15 is 0 Å². The van der Waals surface area contributed by atoms with Crippen LogP contribution in [0.25, 0.3) is 0 Å². The van der Waals surface area contributed by atoms with E-state index in [1.54, 1.807) is 30.4 Å². The van der Waals surface area contributed by atoms with Gasteiger partial charge in [0.05, 0.1) is 6.61 Å². The molecule has 0 aliphatic rings. The van der Waals surface area contributed by atoms with Crippen LogP contribution in [0.2, 0.25) is 5.02 Å². The van der Waals surface area contributed by atoms with Crippen molar-refractivity contribution in [3.63, 3.8) is 0 Å². The summed E-state index contributed by atoms with van der Waals surface area (Å²) in [6, 6.07) is 14.0. The number of thioether (sulfide) groups is 2. The summed E-state index contributed by atoms with van der Waals surface area (Å²) in [4.78, 5) is 4.14. The maximum Gasteiger partial charge on any atom is 0.177 e. The van der Waals surface area contributed by atoms with E-state index in [9.17, 15) is 0 Å². The molecule has 0 spiro atoms. The van der Waals surface area contributed by atoms with Gasteiger partial charge in [-0.25, -0.2) is 0 Å². The van der Waals surface area contributed by atoms with Gasteiger partial charge in [-0.05, 0) is 48.2 Å². The molecule has 4 nitrogen and oxygen atoms in total. The van der Waals surface area contributed by atoms with Crippen LogP contribution in [0.15, 0.2) is 52.3 Å². The van der Waals surface area contributed by atoms with Crippen LogP contribution in [0.3, 0.4) is 0 Å². The Labute approximate surface area is 174 Å². The Hall–Kier alpha value is -1.63. The molecule has 0 fully saturated rings. The first kappa shape index (κ1) is 21.7. The Morgan fingerprint density at radius 2 is 1.93 bits per heavy atom. The van der Waals surface area contributed by atoms with Gasteiger partial charge in [0, 0.05) is 46.6 Å². The van der Waals surface area contributed by atoms with Gasteiger partial charge in [0.25, 0.3) is 0 Å². The van der Waals surface area contributed by atoms with Crippen molar-refractivity contribution in [2.24, 2.45) is 0 Å². The molecule has 2 aromatic carbocycles. The van der Waals surface area contributed by atoms with Crippen molar-refractivity contribution in [1.82, 2.24) is 0 Å². The van der Waals surface area contributed by atoms with Crippen molar-refractivity contribution in [1.29, 1.82) is 10.8 Å². The quantitative estimate of drug-likeness (QED) is 0.244. The lowest BCUT2D eigenvalue weighted by molar-refractivity contribution is 0.325. The zero-order valence-corrected chi connectivity index (χ0v) is 18.1. The zero-order valence-electron chi connectivity index (χ0n) is 15.7. The molecule has 7 heteroatoms. The van der Waals surface area contributed by atoms with Crippen LogP contribution in [0.5, 0.6) is 0 Å². The van der Waals surface area contributed by atoms with Crippen LogP contribution in [0.4, 0.5) is 5.69 Å². The first-order valence-corrected chi connectivity index (χ1v) is 11.0. The van der Waals surface area contributed by atoms with E-state index in [0.717, 1.165) is 21.9 Å². The van der Waals surface area contributed by atoms with E-state index in [4.69, 9.17) is 27.2 Å². The molecular formula is C20H24ClN3OS2. The molecule has 0 atom stereocenters. The maximum atomic E-state index is 8.49. The Bertz CT molecular complexity index is 814. The summed E-state index contributed by atoms with van der Waals surface area (Å²) in [6.07, 6.45) is 2.51. The van der Waals surface area contributed by atoms with Crippen LogP contribution in [0, 0.1) is 10.8 Å². The Kier molecular flexibility index (Phi) is 8.54. The number of hydrogen-bond donors (Lipinski definition) is 2. The highest BCUT2D eigenvalue weighted by Gasteiger charge is 2.12. The molecule has 0 amide bonds. The number of rotatable bonds is 8. The third-order valence-corrected chi connectivity index (χ3v) is 5.94. The molecule has 0 saturated carbocycles. The fourth-order valence-electron chi connectivity index (χ4n) is 2.40. The lowest BCUT2D eigenvalue weighted by Crippen LogP contribution is -2.27. The fraction of sp³-hybridized carbons (Fsp3) is 0.300. The van der Waals surface area contributed by atoms with Crippen LogP contribution < -0.4 is 4.90 Å². The second-order valence-electron chi connectivity index (χ2n) is 5.89. The molecule has 0 unspecified atom stereocenters. The Balaban J connectivity index is 2.03. The molecular weight excluding hydrogens is 398 g/mol. The number of anilines is 1. The van der Waals surface area contributed by atoms with Crippen LogP contribution in [-0.2, 0) is 11.2 Å². The van der Waals surface area contributed by atoms with E-state index in [2.05, 4.69) is 12.1 Å². The monoisotopic (exact) mass is 421 g/mol. The molecule has 0 heterocycles. The molecule has 0 bridgehead atoms. The molecule has 144 valence electrons. The molecule has 0 aliphatic heterocycles. The minimum atomic E-state index is 0.231. The molecule has 0 aromatic heterocycles. The Morgan fingerprint density at radius 1 is 1.15 bits per heavy atom. The van der Waals surface area contributed by atoms with Gasteiger partial charge in [-0.1, -0.05) is 17.7 Å². The van der Waals surface area contributed by atoms with Crippen molar-refractivity contribution in [2.75, 3.05) is 30.6 Å². The molecule has 0 saturated heterocycles. The van der Waals surface area contributed by atoms with E-state index in [0.29, 0.717) is 23.9 Å². The number of benzene rings is 2. The second-order valence-corrected chi connectivity index (χ2v) is 8.35. The van der Waals surface area contributed by atoms with Gasteiger partial charge < -0.3 is 9.64 Å². The SMILES string of the molecule is CSc1cccc(N(C)C(=N)Cc2cc(SCCOC(C)=N)ccc2Cl)c1. The van der Waals surface area contributed by atoms with E-state index < -0.39 is 0 Å². The van der Waals surface area contributed by atoms with Crippen molar-refractivity contribution in [3.05, 3.63) is 53.1 Å². The van der Waals surface area contributed by atoms with Gasteiger partial charge in [-0.3, -0.25) is 10.8 Å². The number of halogens is 1. The number of ether oxygens (including phenoxy) is 1. The summed E-state index contributed by atoms with van der Waals surface area (Å²) in [5, 5.41) is 16.4. The number of amidine groups is 1.